The van der Waals surface area contributed by atoms with Crippen LogP contribution in [0.2, 0.25) is 0 Å². The molecular weight excluding hydrogens is 232 g/mol. The highest BCUT2D eigenvalue weighted by molar-refractivity contribution is 7.18. The molecule has 0 aliphatic heterocycles. The van der Waals surface area contributed by atoms with Gasteiger partial charge in [0, 0.05) is 16.7 Å². The monoisotopic (exact) mass is 248 g/mol. The minimum absolute atomic E-state index is 0.229. The molecule has 2 aromatic heterocycles. The lowest BCUT2D eigenvalue weighted by atomic mass is 10.1. The number of aliphatic hydroxyl groups excluding tert-OH is 1. The zero-order valence-corrected chi connectivity index (χ0v) is 10.9. The van der Waals surface area contributed by atoms with E-state index >= 15 is 0 Å². The van der Waals surface area contributed by atoms with Gasteiger partial charge in [-0.1, -0.05) is 0 Å². The fourth-order valence-corrected chi connectivity index (χ4v) is 3.27. The molecule has 0 bridgehead atoms. The van der Waals surface area contributed by atoms with Gasteiger partial charge in [0.25, 0.3) is 0 Å². The Bertz CT molecular complexity index is 560. The molecule has 2 heterocycles. The van der Waals surface area contributed by atoms with Crippen LogP contribution in [0.3, 0.4) is 0 Å². The largest absolute Gasteiger partial charge is 0.392 e. The molecule has 1 fully saturated rings. The third kappa shape index (κ3) is 1.96. The number of aliphatic hydroxyl groups is 1. The van der Waals surface area contributed by atoms with Crippen molar-refractivity contribution in [2.24, 2.45) is 5.92 Å². The van der Waals surface area contributed by atoms with Crippen LogP contribution in [0, 0.1) is 19.8 Å². The van der Waals surface area contributed by atoms with E-state index in [-0.39, 0.29) is 6.10 Å². The molecule has 0 radical (unpaired) electrons. The van der Waals surface area contributed by atoms with Crippen molar-refractivity contribution in [1.29, 1.82) is 0 Å². The van der Waals surface area contributed by atoms with Crippen LogP contribution in [0.1, 0.15) is 29.0 Å². The quantitative estimate of drug-likeness (QED) is 0.908. The predicted molar refractivity (Wildman–Crippen MR) is 69.3 cm³/mol. The second kappa shape index (κ2) is 4.03. The molecule has 90 valence electrons. The van der Waals surface area contributed by atoms with Crippen molar-refractivity contribution in [1.82, 2.24) is 9.97 Å². The van der Waals surface area contributed by atoms with Gasteiger partial charge in [-0.15, -0.1) is 11.3 Å². The highest BCUT2D eigenvalue weighted by Gasteiger charge is 2.30. The second-order valence-electron chi connectivity index (χ2n) is 4.89. The topological polar surface area (TPSA) is 46.0 Å². The van der Waals surface area contributed by atoms with Gasteiger partial charge in [-0.3, -0.25) is 0 Å². The Morgan fingerprint density at radius 3 is 2.88 bits per heavy atom. The molecule has 0 spiro atoms. The number of aromatic nitrogens is 2. The van der Waals surface area contributed by atoms with Gasteiger partial charge in [-0.05, 0) is 38.2 Å². The summed E-state index contributed by atoms with van der Waals surface area (Å²) in [6.45, 7) is 4.23. The van der Waals surface area contributed by atoms with Crippen molar-refractivity contribution in [2.45, 2.75) is 39.2 Å². The maximum atomic E-state index is 10.0. The third-order valence-electron chi connectivity index (χ3n) is 3.61. The number of nitrogens with zero attached hydrogens (tertiary/aromatic N) is 2. The molecule has 0 saturated heterocycles. The van der Waals surface area contributed by atoms with E-state index in [9.17, 15) is 5.11 Å². The Labute approximate surface area is 105 Å². The molecule has 0 aromatic carbocycles. The Kier molecular flexibility index (Phi) is 2.64. The number of thiophene rings is 1. The minimum Gasteiger partial charge on any atom is -0.392 e. The first-order valence-corrected chi connectivity index (χ1v) is 6.86. The summed E-state index contributed by atoms with van der Waals surface area (Å²) in [6.07, 6.45) is 4.38. The van der Waals surface area contributed by atoms with E-state index in [4.69, 9.17) is 0 Å². The fraction of sp³-hybridized carbons (Fsp3) is 0.538. The second-order valence-corrected chi connectivity index (χ2v) is 6.10. The first-order chi connectivity index (χ1) is 8.16. The first kappa shape index (κ1) is 11.1. The van der Waals surface area contributed by atoms with Gasteiger partial charge >= 0.3 is 0 Å². The molecule has 17 heavy (non-hydrogen) atoms. The summed E-state index contributed by atoms with van der Waals surface area (Å²) in [6, 6.07) is 0. The number of rotatable bonds is 3. The summed E-state index contributed by atoms with van der Waals surface area (Å²) in [5.41, 5.74) is 2.28. The van der Waals surface area contributed by atoms with Crippen molar-refractivity contribution in [2.75, 3.05) is 0 Å². The Balaban J connectivity index is 2.02. The van der Waals surface area contributed by atoms with Gasteiger partial charge in [-0.2, -0.15) is 0 Å². The van der Waals surface area contributed by atoms with Crippen molar-refractivity contribution in [3.8, 4) is 0 Å². The lowest BCUT2D eigenvalue weighted by Gasteiger charge is -2.09. The lowest BCUT2D eigenvalue weighted by Crippen LogP contribution is -2.14. The molecule has 3 rings (SSSR count). The number of hydrogen-bond acceptors (Lipinski definition) is 4. The van der Waals surface area contributed by atoms with Crippen LogP contribution >= 0.6 is 11.3 Å². The summed E-state index contributed by atoms with van der Waals surface area (Å²) in [4.78, 5) is 11.0. The van der Waals surface area contributed by atoms with Gasteiger partial charge in [0.15, 0.2) is 0 Å². The highest BCUT2D eigenvalue weighted by atomic mass is 32.1. The van der Waals surface area contributed by atoms with Crippen LogP contribution in [0.15, 0.2) is 6.33 Å². The van der Waals surface area contributed by atoms with Crippen LogP contribution in [0.4, 0.5) is 0 Å². The summed E-state index contributed by atoms with van der Waals surface area (Å²) in [5, 5.41) is 11.2. The molecule has 2 aromatic rings. The molecule has 1 aliphatic carbocycles. The van der Waals surface area contributed by atoms with E-state index in [1.165, 1.54) is 10.4 Å². The minimum atomic E-state index is -0.229. The first-order valence-electron chi connectivity index (χ1n) is 6.04. The molecule has 1 N–H and O–H groups in total. The number of aryl methyl sites for hydroxylation is 2. The Morgan fingerprint density at radius 2 is 2.18 bits per heavy atom. The Hall–Kier alpha value is -1.00. The van der Waals surface area contributed by atoms with Crippen molar-refractivity contribution < 1.29 is 5.11 Å². The number of hydrogen-bond donors (Lipinski definition) is 1. The van der Waals surface area contributed by atoms with E-state index in [0.717, 1.165) is 28.8 Å². The van der Waals surface area contributed by atoms with E-state index in [0.29, 0.717) is 12.3 Å². The third-order valence-corrected chi connectivity index (χ3v) is 4.73. The predicted octanol–water partition coefficient (Wildman–Crippen LogP) is 2.62. The normalized spacial score (nSPS) is 17.6. The van der Waals surface area contributed by atoms with Crippen molar-refractivity contribution in [3.05, 3.63) is 22.5 Å². The van der Waals surface area contributed by atoms with Crippen LogP contribution in [-0.2, 0) is 6.42 Å². The fourth-order valence-electron chi connectivity index (χ4n) is 2.26. The van der Waals surface area contributed by atoms with Crippen LogP contribution in [0.5, 0.6) is 0 Å². The maximum Gasteiger partial charge on any atom is 0.127 e. The summed E-state index contributed by atoms with van der Waals surface area (Å²) < 4.78 is 0. The average molecular weight is 248 g/mol. The van der Waals surface area contributed by atoms with Gasteiger partial charge in [0.2, 0.25) is 0 Å². The summed E-state index contributed by atoms with van der Waals surface area (Å²) >= 11 is 1.71. The Morgan fingerprint density at radius 1 is 1.41 bits per heavy atom. The van der Waals surface area contributed by atoms with Crippen LogP contribution < -0.4 is 0 Å². The highest BCUT2D eigenvalue weighted by Crippen LogP contribution is 2.36. The molecule has 1 aliphatic rings. The van der Waals surface area contributed by atoms with Crippen molar-refractivity contribution in [3.63, 3.8) is 0 Å². The van der Waals surface area contributed by atoms with Gasteiger partial charge in [0.05, 0.1) is 11.8 Å². The smallest absolute Gasteiger partial charge is 0.127 e. The average Bonchev–Trinajstić information content (AvgIpc) is 3.08. The summed E-state index contributed by atoms with van der Waals surface area (Å²) in [7, 11) is 0. The zero-order chi connectivity index (χ0) is 12.0. The zero-order valence-electron chi connectivity index (χ0n) is 10.1. The van der Waals surface area contributed by atoms with E-state index in [1.54, 1.807) is 17.7 Å². The molecule has 1 unspecified atom stereocenters. The van der Waals surface area contributed by atoms with E-state index < -0.39 is 0 Å². The SMILES string of the molecule is Cc1sc2ncnc(CC(O)C3CC3)c2c1C. The van der Waals surface area contributed by atoms with Crippen LogP contribution in [0.25, 0.3) is 10.2 Å². The molecule has 4 heteroatoms. The lowest BCUT2D eigenvalue weighted by molar-refractivity contribution is 0.151. The van der Waals surface area contributed by atoms with Gasteiger partial charge in [-0.25, -0.2) is 9.97 Å². The molecule has 1 atom stereocenters. The number of fused-ring (bicyclic) bond motifs is 1. The summed E-state index contributed by atoms with van der Waals surface area (Å²) in [5.74, 6) is 0.500. The van der Waals surface area contributed by atoms with E-state index in [1.807, 2.05) is 0 Å². The maximum absolute atomic E-state index is 10.0. The standard InChI is InChI=1S/C13H16N2OS/c1-7-8(2)17-13-12(7)10(14-6-15-13)5-11(16)9-3-4-9/h6,9,11,16H,3-5H2,1-2H3. The molecule has 3 nitrogen and oxygen atoms in total. The molecule has 1 saturated carbocycles. The van der Waals surface area contributed by atoms with Crippen molar-refractivity contribution >= 4 is 21.6 Å². The molecular formula is C13H16N2OS. The van der Waals surface area contributed by atoms with E-state index in [2.05, 4.69) is 23.8 Å². The van der Waals surface area contributed by atoms with Gasteiger partial charge in [0.1, 0.15) is 11.2 Å². The van der Waals surface area contributed by atoms with Crippen LogP contribution in [-0.4, -0.2) is 21.2 Å². The molecule has 0 amide bonds. The van der Waals surface area contributed by atoms with Gasteiger partial charge < -0.3 is 5.11 Å².